The first-order valence-electron chi connectivity index (χ1n) is 5.61. The number of carboxylic acid groups (broad SMARTS) is 1. The van der Waals surface area contributed by atoms with Crippen LogP contribution in [0.25, 0.3) is 0 Å². The van der Waals surface area contributed by atoms with E-state index in [1.165, 1.54) is 11.8 Å². The predicted molar refractivity (Wildman–Crippen MR) is 74.1 cm³/mol. The van der Waals surface area contributed by atoms with Crippen molar-refractivity contribution in [2.45, 2.75) is 10.9 Å². The SMILES string of the molecule is O=C(O)C1CSCCN1S(=O)(=O)c1cc(F)ccc1Cl. The van der Waals surface area contributed by atoms with Crippen LogP contribution >= 0.6 is 23.4 Å². The van der Waals surface area contributed by atoms with E-state index in [-0.39, 0.29) is 17.3 Å². The van der Waals surface area contributed by atoms with E-state index in [9.17, 15) is 17.6 Å². The van der Waals surface area contributed by atoms with Gasteiger partial charge in [0.25, 0.3) is 0 Å². The molecule has 0 aromatic heterocycles. The number of sulfonamides is 1. The van der Waals surface area contributed by atoms with Gasteiger partial charge in [0.1, 0.15) is 16.8 Å². The van der Waals surface area contributed by atoms with Gasteiger partial charge in [0, 0.05) is 18.1 Å². The Hall–Kier alpha value is -0.830. The number of carbonyl (C=O) groups is 1. The Labute approximate surface area is 124 Å². The maximum atomic E-state index is 13.2. The van der Waals surface area contributed by atoms with Crippen molar-refractivity contribution in [3.8, 4) is 0 Å². The number of aliphatic carboxylic acids is 1. The molecule has 1 fully saturated rings. The fourth-order valence-corrected chi connectivity index (χ4v) is 5.19. The lowest BCUT2D eigenvalue weighted by atomic mass is 10.3. The summed E-state index contributed by atoms with van der Waals surface area (Å²) >= 11 is 7.16. The van der Waals surface area contributed by atoms with E-state index >= 15 is 0 Å². The number of rotatable bonds is 3. The molecule has 5 nitrogen and oxygen atoms in total. The quantitative estimate of drug-likeness (QED) is 0.906. The summed E-state index contributed by atoms with van der Waals surface area (Å²) in [5.74, 6) is -1.34. The minimum absolute atomic E-state index is 0.0524. The third-order valence-electron chi connectivity index (χ3n) is 2.84. The first-order chi connectivity index (χ1) is 9.34. The van der Waals surface area contributed by atoms with Gasteiger partial charge in [-0.3, -0.25) is 4.79 Å². The zero-order chi connectivity index (χ0) is 14.9. The van der Waals surface area contributed by atoms with Crippen LogP contribution in [0.1, 0.15) is 0 Å². The van der Waals surface area contributed by atoms with E-state index in [1.807, 2.05) is 0 Å². The molecule has 2 rings (SSSR count). The lowest BCUT2D eigenvalue weighted by Crippen LogP contribution is -2.50. The molecule has 1 aromatic carbocycles. The molecule has 1 atom stereocenters. The average molecular weight is 340 g/mol. The summed E-state index contributed by atoms with van der Waals surface area (Å²) in [6.45, 7) is 0.0524. The molecular formula is C11H11ClFNO4S2. The first kappa shape index (κ1) is 15.6. The Bertz CT molecular complexity index is 637. The highest BCUT2D eigenvalue weighted by Crippen LogP contribution is 2.29. The van der Waals surface area contributed by atoms with E-state index in [1.54, 1.807) is 0 Å². The molecule has 0 saturated carbocycles. The van der Waals surface area contributed by atoms with Gasteiger partial charge in [0.05, 0.1) is 5.02 Å². The van der Waals surface area contributed by atoms with Crippen LogP contribution in [0, 0.1) is 5.82 Å². The summed E-state index contributed by atoms with van der Waals surface area (Å²) in [5, 5.41) is 8.99. The topological polar surface area (TPSA) is 74.7 Å². The van der Waals surface area contributed by atoms with Crippen LogP contribution in [0.4, 0.5) is 4.39 Å². The summed E-state index contributed by atoms with van der Waals surface area (Å²) < 4.78 is 39.1. The van der Waals surface area contributed by atoms with Crippen LogP contribution in [0.5, 0.6) is 0 Å². The highest BCUT2D eigenvalue weighted by molar-refractivity contribution is 7.99. The zero-order valence-corrected chi connectivity index (χ0v) is 12.5. The van der Waals surface area contributed by atoms with Crippen LogP contribution < -0.4 is 0 Å². The molecular weight excluding hydrogens is 329 g/mol. The summed E-state index contributed by atoms with van der Waals surface area (Å²) in [5.41, 5.74) is 0. The number of nitrogens with zero attached hydrogens (tertiary/aromatic N) is 1. The van der Waals surface area contributed by atoms with Crippen molar-refractivity contribution in [1.82, 2.24) is 4.31 Å². The molecule has 0 amide bonds. The molecule has 0 aliphatic carbocycles. The van der Waals surface area contributed by atoms with Gasteiger partial charge >= 0.3 is 5.97 Å². The lowest BCUT2D eigenvalue weighted by Gasteiger charge is -2.31. The highest BCUT2D eigenvalue weighted by atomic mass is 35.5. The Kier molecular flexibility index (Phi) is 4.58. The molecule has 1 unspecified atom stereocenters. The van der Waals surface area contributed by atoms with Gasteiger partial charge in [-0.1, -0.05) is 11.6 Å². The second-order valence-electron chi connectivity index (χ2n) is 4.12. The van der Waals surface area contributed by atoms with Crippen LogP contribution in [0.2, 0.25) is 5.02 Å². The Morgan fingerprint density at radius 1 is 1.50 bits per heavy atom. The van der Waals surface area contributed by atoms with E-state index in [4.69, 9.17) is 16.7 Å². The van der Waals surface area contributed by atoms with Crippen LogP contribution in [-0.4, -0.2) is 47.9 Å². The van der Waals surface area contributed by atoms with E-state index in [2.05, 4.69) is 0 Å². The van der Waals surface area contributed by atoms with Gasteiger partial charge in [-0.15, -0.1) is 0 Å². The third kappa shape index (κ3) is 2.93. The van der Waals surface area contributed by atoms with Gasteiger partial charge in [-0.2, -0.15) is 16.1 Å². The van der Waals surface area contributed by atoms with Crippen molar-refractivity contribution in [3.05, 3.63) is 29.0 Å². The molecule has 9 heteroatoms. The standard InChI is InChI=1S/C11H11ClFNO4S2/c12-8-2-1-7(13)5-10(8)20(17,18)14-3-4-19-6-9(14)11(15)16/h1-2,5,9H,3-4,6H2,(H,15,16). The number of carboxylic acids is 1. The van der Waals surface area contributed by atoms with Gasteiger partial charge in [0.15, 0.2) is 0 Å². The molecule has 1 N–H and O–H groups in total. The fraction of sp³-hybridized carbons (Fsp3) is 0.364. The Balaban J connectivity index is 2.47. The van der Waals surface area contributed by atoms with E-state index in [0.717, 1.165) is 22.5 Å². The van der Waals surface area contributed by atoms with E-state index < -0.39 is 32.7 Å². The van der Waals surface area contributed by atoms with Crippen LogP contribution in [0.15, 0.2) is 23.1 Å². The van der Waals surface area contributed by atoms with Crippen molar-refractivity contribution < 1.29 is 22.7 Å². The van der Waals surface area contributed by atoms with Crippen molar-refractivity contribution in [3.63, 3.8) is 0 Å². The Morgan fingerprint density at radius 3 is 2.85 bits per heavy atom. The second-order valence-corrected chi connectivity index (χ2v) is 7.54. The smallest absolute Gasteiger partial charge is 0.322 e. The number of hydrogen-bond donors (Lipinski definition) is 1. The van der Waals surface area contributed by atoms with Crippen molar-refractivity contribution >= 4 is 39.4 Å². The van der Waals surface area contributed by atoms with Crippen molar-refractivity contribution in [2.24, 2.45) is 0 Å². The number of halogens is 2. The number of thioether (sulfide) groups is 1. The second kappa shape index (κ2) is 5.88. The molecule has 1 saturated heterocycles. The maximum Gasteiger partial charge on any atom is 0.322 e. The highest BCUT2D eigenvalue weighted by Gasteiger charge is 2.39. The predicted octanol–water partition coefficient (Wildman–Crippen LogP) is 1.67. The molecule has 0 radical (unpaired) electrons. The van der Waals surface area contributed by atoms with E-state index in [0.29, 0.717) is 5.75 Å². The minimum atomic E-state index is -4.14. The average Bonchev–Trinajstić information content (AvgIpc) is 2.41. The molecule has 110 valence electrons. The van der Waals surface area contributed by atoms with Crippen molar-refractivity contribution in [2.75, 3.05) is 18.1 Å². The number of hydrogen-bond acceptors (Lipinski definition) is 4. The number of benzene rings is 1. The fourth-order valence-electron chi connectivity index (χ4n) is 1.87. The molecule has 1 heterocycles. The largest absolute Gasteiger partial charge is 0.480 e. The first-order valence-corrected chi connectivity index (χ1v) is 8.59. The van der Waals surface area contributed by atoms with Gasteiger partial charge in [-0.05, 0) is 18.2 Å². The van der Waals surface area contributed by atoms with Crippen LogP contribution in [0.3, 0.4) is 0 Å². The van der Waals surface area contributed by atoms with Gasteiger partial charge in [0.2, 0.25) is 10.0 Å². The lowest BCUT2D eigenvalue weighted by molar-refractivity contribution is -0.140. The summed E-state index contributed by atoms with van der Waals surface area (Å²) in [7, 11) is -4.14. The monoisotopic (exact) mass is 339 g/mol. The minimum Gasteiger partial charge on any atom is -0.480 e. The molecule has 20 heavy (non-hydrogen) atoms. The molecule has 1 aromatic rings. The normalized spacial score (nSPS) is 20.8. The summed E-state index contributed by atoms with van der Waals surface area (Å²) in [6, 6.07) is 1.82. The van der Waals surface area contributed by atoms with Crippen LogP contribution in [-0.2, 0) is 14.8 Å². The van der Waals surface area contributed by atoms with Gasteiger partial charge in [-0.25, -0.2) is 12.8 Å². The van der Waals surface area contributed by atoms with Gasteiger partial charge < -0.3 is 5.11 Å². The zero-order valence-electron chi connectivity index (χ0n) is 10.1. The van der Waals surface area contributed by atoms with Crippen molar-refractivity contribution in [1.29, 1.82) is 0 Å². The summed E-state index contributed by atoms with van der Waals surface area (Å²) in [6.07, 6.45) is 0. The third-order valence-corrected chi connectivity index (χ3v) is 6.26. The molecule has 1 aliphatic heterocycles. The Morgan fingerprint density at radius 2 is 2.20 bits per heavy atom. The molecule has 0 spiro atoms. The summed E-state index contributed by atoms with van der Waals surface area (Å²) in [4.78, 5) is 10.8. The molecule has 1 aliphatic rings. The maximum absolute atomic E-state index is 13.2. The molecule has 0 bridgehead atoms.